The number of likely N-dealkylation sites (tertiary alicyclic amines) is 1. The van der Waals surface area contributed by atoms with Gasteiger partial charge in [-0.15, -0.1) is 11.3 Å². The van der Waals surface area contributed by atoms with E-state index < -0.39 is 11.8 Å². The highest BCUT2D eigenvalue weighted by atomic mass is 35.5. The van der Waals surface area contributed by atoms with Crippen molar-refractivity contribution in [1.29, 1.82) is 0 Å². The summed E-state index contributed by atoms with van der Waals surface area (Å²) in [5.74, 6) is -0.948. The van der Waals surface area contributed by atoms with Crippen LogP contribution in [0.15, 0.2) is 47.0 Å². The van der Waals surface area contributed by atoms with Crippen molar-refractivity contribution in [1.82, 2.24) is 14.6 Å². The Bertz CT molecular complexity index is 1310. The number of aromatic nitrogens is 2. The van der Waals surface area contributed by atoms with Gasteiger partial charge in [0, 0.05) is 29.1 Å². The van der Waals surface area contributed by atoms with E-state index in [1.165, 1.54) is 55.5 Å². The lowest BCUT2D eigenvalue weighted by Crippen LogP contribution is -2.42. The lowest BCUT2D eigenvalue weighted by molar-refractivity contribution is 0.0686. The van der Waals surface area contributed by atoms with Crippen molar-refractivity contribution in [3.8, 4) is 10.6 Å². The summed E-state index contributed by atoms with van der Waals surface area (Å²) in [7, 11) is 0. The van der Waals surface area contributed by atoms with Gasteiger partial charge in [0.1, 0.15) is 17.2 Å². The number of carboxylic acids is 1. The van der Waals surface area contributed by atoms with Crippen molar-refractivity contribution >= 4 is 39.8 Å². The van der Waals surface area contributed by atoms with Crippen LogP contribution < -0.4 is 5.73 Å². The standard InChI is InChI=1S/C17H10ClFN2O3S.C8H18N2/c18-16-4-3-15(25-16)14-7-11(20-24-14)8-21-12-2-1-10(19)5-9(12)6-13(21)17(22)23;1-7(2)10-5-3-8(9)4-6-10/h1-7H,8H2,(H,22,23);7-8H,3-6,9H2,1-2H3. The van der Waals surface area contributed by atoms with Crippen molar-refractivity contribution in [2.45, 2.75) is 45.3 Å². The quantitative estimate of drug-likeness (QED) is 0.351. The molecule has 0 unspecified atom stereocenters. The second-order valence-corrected chi connectivity index (χ2v) is 10.6. The van der Waals surface area contributed by atoms with Crippen LogP contribution in [0.3, 0.4) is 0 Å². The maximum absolute atomic E-state index is 13.4. The van der Waals surface area contributed by atoms with Crippen molar-refractivity contribution in [3.63, 3.8) is 0 Å². The number of nitrogens with zero attached hydrogens (tertiary/aromatic N) is 3. The zero-order chi connectivity index (χ0) is 25.1. The first kappa shape index (κ1) is 25.4. The SMILES string of the molecule is CC(C)N1CCC(N)CC1.O=C(O)c1cc2cc(F)ccc2n1Cc1cc(-c2ccc(Cl)s2)on1. The number of halogens is 2. The minimum absolute atomic E-state index is 0.0596. The molecular formula is C25H28ClFN4O3S. The van der Waals surface area contributed by atoms with Gasteiger partial charge in [0.25, 0.3) is 0 Å². The van der Waals surface area contributed by atoms with Gasteiger partial charge < -0.3 is 24.8 Å². The molecule has 0 atom stereocenters. The fourth-order valence-electron chi connectivity index (χ4n) is 4.14. The number of fused-ring (bicyclic) bond motifs is 1. The van der Waals surface area contributed by atoms with Crippen LogP contribution in [-0.4, -0.2) is 50.9 Å². The first-order chi connectivity index (χ1) is 16.7. The molecule has 35 heavy (non-hydrogen) atoms. The van der Waals surface area contributed by atoms with Crippen molar-refractivity contribution in [2.75, 3.05) is 13.1 Å². The summed E-state index contributed by atoms with van der Waals surface area (Å²) in [6, 6.07) is 12.1. The Morgan fingerprint density at radius 3 is 2.63 bits per heavy atom. The highest BCUT2D eigenvalue weighted by molar-refractivity contribution is 7.19. The minimum Gasteiger partial charge on any atom is -0.477 e. The molecule has 5 rings (SSSR count). The van der Waals surface area contributed by atoms with Gasteiger partial charge in [-0.1, -0.05) is 16.8 Å². The first-order valence-corrected chi connectivity index (χ1v) is 12.6. The van der Waals surface area contributed by atoms with E-state index in [0.717, 1.165) is 4.88 Å². The number of hydrogen-bond acceptors (Lipinski definition) is 6. The van der Waals surface area contributed by atoms with Crippen LogP contribution in [0.4, 0.5) is 4.39 Å². The number of aromatic carboxylic acids is 1. The average molecular weight is 519 g/mol. The minimum atomic E-state index is -1.09. The van der Waals surface area contributed by atoms with E-state index in [2.05, 4.69) is 23.9 Å². The molecule has 0 radical (unpaired) electrons. The smallest absolute Gasteiger partial charge is 0.352 e. The van der Waals surface area contributed by atoms with E-state index in [0.29, 0.717) is 38.8 Å². The molecule has 186 valence electrons. The zero-order valence-corrected chi connectivity index (χ0v) is 21.2. The highest BCUT2D eigenvalue weighted by Crippen LogP contribution is 2.32. The molecule has 0 aliphatic carbocycles. The molecule has 0 spiro atoms. The molecule has 0 amide bonds. The van der Waals surface area contributed by atoms with Crippen molar-refractivity contribution < 1.29 is 18.8 Å². The second kappa shape index (κ2) is 10.9. The number of benzene rings is 1. The summed E-state index contributed by atoms with van der Waals surface area (Å²) in [5.41, 5.74) is 7.00. The molecule has 0 bridgehead atoms. The van der Waals surface area contributed by atoms with Gasteiger partial charge in [0.05, 0.1) is 15.8 Å². The predicted octanol–water partition coefficient (Wildman–Crippen LogP) is 5.71. The largest absolute Gasteiger partial charge is 0.477 e. The second-order valence-electron chi connectivity index (χ2n) is 8.88. The third kappa shape index (κ3) is 6.10. The van der Waals surface area contributed by atoms with Crippen LogP contribution in [-0.2, 0) is 6.54 Å². The number of piperidine rings is 1. The summed E-state index contributed by atoms with van der Waals surface area (Å²) in [6.07, 6.45) is 2.36. The molecule has 3 aromatic heterocycles. The molecule has 0 saturated carbocycles. The molecule has 4 aromatic rings. The van der Waals surface area contributed by atoms with Gasteiger partial charge in [-0.2, -0.15) is 0 Å². The molecule has 1 aromatic carbocycles. The number of nitrogens with two attached hydrogens (primary N) is 1. The van der Waals surface area contributed by atoms with Crippen LogP contribution >= 0.6 is 22.9 Å². The lowest BCUT2D eigenvalue weighted by Gasteiger charge is -2.32. The van der Waals surface area contributed by atoms with Gasteiger partial charge in [0.15, 0.2) is 5.76 Å². The molecule has 1 aliphatic rings. The maximum atomic E-state index is 13.4. The fourth-order valence-corrected chi connectivity index (χ4v) is 5.13. The average Bonchev–Trinajstić information content (AvgIpc) is 3.53. The molecular weight excluding hydrogens is 491 g/mol. The lowest BCUT2D eigenvalue weighted by atomic mass is 10.1. The zero-order valence-electron chi connectivity index (χ0n) is 19.6. The van der Waals surface area contributed by atoms with Crippen LogP contribution in [0.25, 0.3) is 21.5 Å². The van der Waals surface area contributed by atoms with E-state index in [1.54, 1.807) is 22.8 Å². The van der Waals surface area contributed by atoms with E-state index in [9.17, 15) is 14.3 Å². The summed E-state index contributed by atoms with van der Waals surface area (Å²) in [4.78, 5) is 14.8. The summed E-state index contributed by atoms with van der Waals surface area (Å²) in [6.45, 7) is 7.07. The van der Waals surface area contributed by atoms with Gasteiger partial charge in [-0.3, -0.25) is 0 Å². The van der Waals surface area contributed by atoms with Gasteiger partial charge in [0.2, 0.25) is 0 Å². The molecule has 1 aliphatic heterocycles. The summed E-state index contributed by atoms with van der Waals surface area (Å²) < 4.78 is 20.9. The summed E-state index contributed by atoms with van der Waals surface area (Å²) >= 11 is 7.29. The third-order valence-electron chi connectivity index (χ3n) is 6.08. The van der Waals surface area contributed by atoms with Gasteiger partial charge in [-0.05, 0) is 76.2 Å². The Labute approximate surface area is 211 Å². The number of hydrogen-bond donors (Lipinski definition) is 2. The Morgan fingerprint density at radius 1 is 1.26 bits per heavy atom. The summed E-state index contributed by atoms with van der Waals surface area (Å²) in [5, 5.41) is 14.0. The molecule has 1 saturated heterocycles. The number of thiophene rings is 1. The van der Waals surface area contributed by atoms with Crippen LogP contribution in [0.2, 0.25) is 4.34 Å². The Morgan fingerprint density at radius 2 is 2.00 bits per heavy atom. The first-order valence-electron chi connectivity index (χ1n) is 11.4. The van der Waals surface area contributed by atoms with E-state index in [-0.39, 0.29) is 12.2 Å². The van der Waals surface area contributed by atoms with Crippen LogP contribution in [0, 0.1) is 5.82 Å². The van der Waals surface area contributed by atoms with Crippen LogP contribution in [0.1, 0.15) is 42.9 Å². The predicted molar refractivity (Wildman–Crippen MR) is 137 cm³/mol. The van der Waals surface area contributed by atoms with Gasteiger partial charge >= 0.3 is 5.97 Å². The van der Waals surface area contributed by atoms with Crippen molar-refractivity contribution in [3.05, 3.63) is 64.0 Å². The maximum Gasteiger partial charge on any atom is 0.352 e. The normalized spacial score (nSPS) is 14.9. The number of carbonyl (C=O) groups is 1. The topological polar surface area (TPSA) is 97.5 Å². The fraction of sp³-hybridized carbons (Fsp3) is 0.360. The highest BCUT2D eigenvalue weighted by Gasteiger charge is 2.18. The number of carboxylic acid groups (broad SMARTS) is 1. The third-order valence-corrected chi connectivity index (χ3v) is 7.33. The Kier molecular flexibility index (Phi) is 7.91. The van der Waals surface area contributed by atoms with Crippen molar-refractivity contribution in [2.24, 2.45) is 5.73 Å². The van der Waals surface area contributed by atoms with E-state index >= 15 is 0 Å². The monoisotopic (exact) mass is 518 g/mol. The molecule has 3 N–H and O–H groups in total. The number of rotatable bonds is 5. The molecule has 7 nitrogen and oxygen atoms in total. The molecule has 1 fully saturated rings. The van der Waals surface area contributed by atoms with E-state index in [4.69, 9.17) is 21.9 Å². The molecule has 4 heterocycles. The van der Waals surface area contributed by atoms with Gasteiger partial charge in [-0.25, -0.2) is 9.18 Å². The Balaban J connectivity index is 0.000000243. The van der Waals surface area contributed by atoms with E-state index in [1.807, 2.05) is 6.07 Å². The van der Waals surface area contributed by atoms with Crippen LogP contribution in [0.5, 0.6) is 0 Å². The molecule has 10 heteroatoms. The Hall–Kier alpha value is -2.72.